The van der Waals surface area contributed by atoms with Gasteiger partial charge in [-0.1, -0.05) is 83.4 Å². The zero-order valence-electron chi connectivity index (χ0n) is 24.7. The summed E-state index contributed by atoms with van der Waals surface area (Å²) < 4.78 is 60.7. The summed E-state index contributed by atoms with van der Waals surface area (Å²) in [5.74, 6) is -1.08. The second-order valence-corrected chi connectivity index (χ2v) is 16.3. The van der Waals surface area contributed by atoms with Crippen LogP contribution >= 0.6 is 23.2 Å². The molecule has 11 heteroatoms. The van der Waals surface area contributed by atoms with E-state index in [0.717, 1.165) is 5.56 Å². The molecular weight excluding hydrogens is 651 g/mol. The second kappa shape index (κ2) is 12.3. The molecule has 45 heavy (non-hydrogen) atoms. The lowest BCUT2D eigenvalue weighted by molar-refractivity contribution is -0.132. The summed E-state index contributed by atoms with van der Waals surface area (Å²) in [4.78, 5) is 14.3. The maximum atomic E-state index is 14.7. The number of piperidine rings is 2. The number of sulfonamides is 2. The molecule has 2 fully saturated rings. The number of benzene rings is 4. The summed E-state index contributed by atoms with van der Waals surface area (Å²) in [7, 11) is -8.25. The van der Waals surface area contributed by atoms with Gasteiger partial charge in [0.1, 0.15) is 5.78 Å². The number of ketones is 1. The first kappa shape index (κ1) is 31.9. The van der Waals surface area contributed by atoms with Gasteiger partial charge in [0.25, 0.3) is 0 Å². The highest BCUT2D eigenvalue weighted by Crippen LogP contribution is 2.48. The normalized spacial score (nSPS) is 23.1. The third-order valence-corrected chi connectivity index (χ3v) is 13.3. The monoisotopic (exact) mass is 682 g/mol. The van der Waals surface area contributed by atoms with Crippen molar-refractivity contribution in [1.29, 1.82) is 0 Å². The Morgan fingerprint density at radius 1 is 0.711 bits per heavy atom. The Morgan fingerprint density at radius 3 is 2.07 bits per heavy atom. The number of aryl methyl sites for hydroxylation is 2. The van der Waals surface area contributed by atoms with E-state index >= 15 is 0 Å². The molecule has 4 atom stereocenters. The fourth-order valence-corrected chi connectivity index (χ4v) is 10.6. The Balaban J connectivity index is 1.52. The number of halogens is 2. The zero-order chi connectivity index (χ0) is 32.1. The van der Waals surface area contributed by atoms with Gasteiger partial charge in [-0.25, -0.2) is 16.8 Å². The maximum Gasteiger partial charge on any atom is 0.244 e. The molecular formula is C34H32Cl2N2O5S2. The SMILES string of the molecule is Cc1ccc(S(=O)(=O)N2C[C@H]3C(=O)C[C@@H](c4ccc(Cl)cc4)N(S(=O)(=O)c4ccccc4C)[C@H]3C[C@H]2c2cccc(Cl)c2)cc1. The van der Waals surface area contributed by atoms with Crippen molar-refractivity contribution in [2.75, 3.05) is 6.54 Å². The molecule has 4 aromatic carbocycles. The summed E-state index contributed by atoms with van der Waals surface area (Å²) in [5, 5.41) is 0.910. The van der Waals surface area contributed by atoms with Crippen molar-refractivity contribution in [3.8, 4) is 0 Å². The smallest absolute Gasteiger partial charge is 0.244 e. The van der Waals surface area contributed by atoms with E-state index in [1.165, 1.54) is 8.61 Å². The molecule has 0 aliphatic carbocycles. The van der Waals surface area contributed by atoms with Crippen molar-refractivity contribution in [2.45, 2.75) is 54.6 Å². The van der Waals surface area contributed by atoms with Gasteiger partial charge >= 0.3 is 0 Å². The fourth-order valence-electron chi connectivity index (χ4n) is 6.60. The second-order valence-electron chi connectivity index (χ2n) is 11.7. The number of hydrogen-bond acceptors (Lipinski definition) is 5. The molecule has 0 aromatic heterocycles. The Kier molecular flexibility index (Phi) is 8.71. The highest BCUT2D eigenvalue weighted by Gasteiger charge is 2.54. The number of carbonyl (C=O) groups is 1. The van der Waals surface area contributed by atoms with Crippen molar-refractivity contribution in [2.24, 2.45) is 5.92 Å². The first-order valence-corrected chi connectivity index (χ1v) is 18.2. The van der Waals surface area contributed by atoms with E-state index in [4.69, 9.17) is 23.2 Å². The number of hydrogen-bond donors (Lipinski definition) is 0. The first-order valence-electron chi connectivity index (χ1n) is 14.6. The molecule has 0 unspecified atom stereocenters. The van der Waals surface area contributed by atoms with Crippen LogP contribution in [0.2, 0.25) is 10.0 Å². The van der Waals surface area contributed by atoms with Crippen molar-refractivity contribution in [3.63, 3.8) is 0 Å². The van der Waals surface area contributed by atoms with E-state index in [0.29, 0.717) is 26.7 Å². The lowest BCUT2D eigenvalue weighted by Crippen LogP contribution is -2.61. The van der Waals surface area contributed by atoms with Crippen LogP contribution in [0.25, 0.3) is 0 Å². The number of Topliss-reactive ketones (excluding diaryl/α,β-unsaturated/α-hetero) is 1. The van der Waals surface area contributed by atoms with Crippen LogP contribution in [0, 0.1) is 19.8 Å². The summed E-state index contributed by atoms with van der Waals surface area (Å²) >= 11 is 12.6. The van der Waals surface area contributed by atoms with Crippen molar-refractivity contribution in [1.82, 2.24) is 8.61 Å². The molecule has 2 aliphatic rings. The number of carbonyl (C=O) groups excluding carboxylic acids is 1. The molecule has 2 saturated heterocycles. The van der Waals surface area contributed by atoms with E-state index in [-0.39, 0.29) is 35.0 Å². The molecule has 6 rings (SSSR count). The zero-order valence-corrected chi connectivity index (χ0v) is 27.8. The molecule has 2 aliphatic heterocycles. The summed E-state index contributed by atoms with van der Waals surface area (Å²) in [6, 6.07) is 24.7. The van der Waals surface area contributed by atoms with Gasteiger partial charge in [-0.3, -0.25) is 4.79 Å². The van der Waals surface area contributed by atoms with Crippen molar-refractivity contribution in [3.05, 3.63) is 129 Å². The summed E-state index contributed by atoms with van der Waals surface area (Å²) in [5.41, 5.74) is 2.74. The number of fused-ring (bicyclic) bond motifs is 1. The Hall–Kier alpha value is -3.05. The molecule has 0 N–H and O–H groups in total. The van der Waals surface area contributed by atoms with Gasteiger partial charge in [0.15, 0.2) is 0 Å². The van der Waals surface area contributed by atoms with Crippen LogP contribution in [0.5, 0.6) is 0 Å². The van der Waals surface area contributed by atoms with Crippen LogP contribution in [0.4, 0.5) is 0 Å². The van der Waals surface area contributed by atoms with Gasteiger partial charge < -0.3 is 0 Å². The number of nitrogens with zero attached hydrogens (tertiary/aromatic N) is 2. The van der Waals surface area contributed by atoms with E-state index in [2.05, 4.69) is 0 Å². The molecule has 0 spiro atoms. The quantitative estimate of drug-likeness (QED) is 0.216. The standard InChI is InChI=1S/C34H32Cl2N2O5S2/c1-22-10-16-28(17-11-22)44(40,41)37-21-29-32(19-30(37)25-7-5-8-27(36)18-25)38(45(42,43)34-9-4-3-6-23(34)2)31(20-33(29)39)24-12-14-26(35)15-13-24/h3-18,29-32H,19-21H2,1-2H3/t29-,30+,31+,32+/m1/s1. The van der Waals surface area contributed by atoms with Crippen LogP contribution < -0.4 is 0 Å². The highest BCUT2D eigenvalue weighted by atomic mass is 35.5. The van der Waals surface area contributed by atoms with Crippen molar-refractivity contribution < 1.29 is 21.6 Å². The summed E-state index contributed by atoms with van der Waals surface area (Å²) in [6.45, 7) is 3.43. The molecule has 7 nitrogen and oxygen atoms in total. The van der Waals surface area contributed by atoms with Crippen LogP contribution in [0.1, 0.15) is 47.2 Å². The Bertz CT molecular complexity index is 1970. The van der Waals surface area contributed by atoms with Crippen LogP contribution in [-0.4, -0.2) is 43.8 Å². The van der Waals surface area contributed by atoms with Gasteiger partial charge in [0, 0.05) is 35.0 Å². The van der Waals surface area contributed by atoms with E-state index in [1.54, 1.807) is 104 Å². The van der Waals surface area contributed by atoms with E-state index in [9.17, 15) is 21.6 Å². The van der Waals surface area contributed by atoms with Crippen LogP contribution in [0.3, 0.4) is 0 Å². The maximum absolute atomic E-state index is 14.7. The van der Waals surface area contributed by atoms with E-state index in [1.807, 2.05) is 6.92 Å². The predicted molar refractivity (Wildman–Crippen MR) is 175 cm³/mol. The minimum Gasteiger partial charge on any atom is -0.299 e. The van der Waals surface area contributed by atoms with Crippen molar-refractivity contribution >= 4 is 49.0 Å². The van der Waals surface area contributed by atoms with Gasteiger partial charge in [-0.05, 0) is 79.4 Å². The summed E-state index contributed by atoms with van der Waals surface area (Å²) in [6.07, 6.45) is -0.0504. The fraction of sp³-hybridized carbons (Fsp3) is 0.265. The Morgan fingerprint density at radius 2 is 1.40 bits per heavy atom. The van der Waals surface area contributed by atoms with Gasteiger partial charge in [-0.2, -0.15) is 8.61 Å². The average Bonchev–Trinajstić information content (AvgIpc) is 3.01. The molecule has 234 valence electrons. The lowest BCUT2D eigenvalue weighted by atomic mass is 9.77. The minimum atomic E-state index is -4.16. The Labute approximate surface area is 274 Å². The lowest BCUT2D eigenvalue weighted by Gasteiger charge is -2.51. The van der Waals surface area contributed by atoms with Crippen LogP contribution in [0.15, 0.2) is 107 Å². The minimum absolute atomic E-state index is 0.0526. The molecule has 0 amide bonds. The largest absolute Gasteiger partial charge is 0.299 e. The van der Waals surface area contributed by atoms with Gasteiger partial charge in [0.2, 0.25) is 20.0 Å². The molecule has 0 radical (unpaired) electrons. The van der Waals surface area contributed by atoms with Crippen LogP contribution in [-0.2, 0) is 24.8 Å². The predicted octanol–water partition coefficient (Wildman–Crippen LogP) is 7.14. The van der Waals surface area contributed by atoms with Gasteiger partial charge in [0.05, 0.1) is 21.9 Å². The third-order valence-electron chi connectivity index (χ3n) is 8.86. The first-order chi connectivity index (χ1) is 21.4. The topological polar surface area (TPSA) is 91.8 Å². The number of rotatable bonds is 6. The molecule has 0 saturated carbocycles. The molecule has 0 bridgehead atoms. The van der Waals surface area contributed by atoms with E-state index < -0.39 is 44.1 Å². The average molecular weight is 684 g/mol. The molecule has 2 heterocycles. The molecule has 4 aromatic rings. The van der Waals surface area contributed by atoms with Gasteiger partial charge in [-0.15, -0.1) is 0 Å². The third kappa shape index (κ3) is 5.98. The highest BCUT2D eigenvalue weighted by molar-refractivity contribution is 7.89.